The summed E-state index contributed by atoms with van der Waals surface area (Å²) < 4.78 is 7.99. The highest BCUT2D eigenvalue weighted by Gasteiger charge is 2.07. The number of benzene rings is 2. The number of carbonyl (C=O) groups is 1. The largest absolute Gasteiger partial charge is 0.465 e. The summed E-state index contributed by atoms with van der Waals surface area (Å²) in [5.41, 5.74) is 2.81. The molecule has 106 valence electrons. The van der Waals surface area contributed by atoms with Crippen molar-refractivity contribution in [2.24, 2.45) is 0 Å². The summed E-state index contributed by atoms with van der Waals surface area (Å²) in [4.78, 5) is 11.6. The molecule has 0 radical (unpaired) electrons. The van der Waals surface area contributed by atoms with Crippen molar-refractivity contribution in [1.82, 2.24) is 4.57 Å². The van der Waals surface area contributed by atoms with Crippen LogP contribution in [0, 0.1) is 0 Å². The van der Waals surface area contributed by atoms with E-state index in [9.17, 15) is 4.79 Å². The van der Waals surface area contributed by atoms with Gasteiger partial charge in [-0.15, -0.1) is 0 Å². The molecule has 0 amide bonds. The molecule has 0 saturated carbocycles. The fourth-order valence-electron chi connectivity index (χ4n) is 2.42. The number of nitrogens with zero attached hydrogens (tertiary/aromatic N) is 1. The number of ether oxygens (including phenoxy) is 1. The first-order valence-electron chi connectivity index (χ1n) is 6.59. The van der Waals surface area contributed by atoms with Gasteiger partial charge in [-0.25, -0.2) is 4.79 Å². The highest BCUT2D eigenvalue weighted by molar-refractivity contribution is 9.10. The lowest BCUT2D eigenvalue weighted by atomic mass is 10.1. The molecular weight excluding hydrogens is 330 g/mol. The van der Waals surface area contributed by atoms with Crippen molar-refractivity contribution < 1.29 is 9.53 Å². The average molecular weight is 344 g/mol. The molecule has 1 aromatic heterocycles. The summed E-state index contributed by atoms with van der Waals surface area (Å²) >= 11 is 3.48. The molecule has 0 unspecified atom stereocenters. The zero-order valence-electron chi connectivity index (χ0n) is 11.5. The zero-order valence-corrected chi connectivity index (χ0v) is 13.1. The summed E-state index contributed by atoms with van der Waals surface area (Å²) in [5.74, 6) is -0.307. The zero-order chi connectivity index (χ0) is 14.8. The van der Waals surface area contributed by atoms with Crippen LogP contribution >= 0.6 is 15.9 Å². The number of hydrogen-bond acceptors (Lipinski definition) is 2. The van der Waals surface area contributed by atoms with Crippen LogP contribution in [-0.2, 0) is 11.3 Å². The van der Waals surface area contributed by atoms with Gasteiger partial charge in [0.25, 0.3) is 0 Å². The Morgan fingerprint density at radius 2 is 2.05 bits per heavy atom. The number of halogens is 1. The number of aromatic nitrogens is 1. The van der Waals surface area contributed by atoms with E-state index in [1.165, 1.54) is 18.0 Å². The van der Waals surface area contributed by atoms with Gasteiger partial charge in [0, 0.05) is 28.1 Å². The Bertz CT molecular complexity index is 807. The van der Waals surface area contributed by atoms with Gasteiger partial charge in [-0.05, 0) is 42.0 Å². The van der Waals surface area contributed by atoms with E-state index in [0.29, 0.717) is 5.56 Å². The first kappa shape index (κ1) is 13.9. The molecule has 0 aliphatic heterocycles. The van der Waals surface area contributed by atoms with E-state index in [-0.39, 0.29) is 5.97 Å². The molecule has 2 aromatic carbocycles. The highest BCUT2D eigenvalue weighted by Crippen LogP contribution is 2.22. The molecule has 0 bridgehead atoms. The Balaban J connectivity index is 1.93. The Morgan fingerprint density at radius 3 is 2.86 bits per heavy atom. The molecule has 0 aliphatic rings. The summed E-state index contributed by atoms with van der Waals surface area (Å²) in [7, 11) is 1.40. The van der Waals surface area contributed by atoms with Gasteiger partial charge < -0.3 is 9.30 Å². The molecule has 21 heavy (non-hydrogen) atoms. The Hall–Kier alpha value is -2.07. The van der Waals surface area contributed by atoms with Gasteiger partial charge in [0.1, 0.15) is 0 Å². The van der Waals surface area contributed by atoms with Crippen LogP contribution in [0.15, 0.2) is 59.2 Å². The SMILES string of the molecule is COC(=O)c1cccc(Cn2ccc3cc(Br)ccc32)c1. The van der Waals surface area contributed by atoms with E-state index < -0.39 is 0 Å². The summed E-state index contributed by atoms with van der Waals surface area (Å²) in [5, 5.41) is 1.19. The maximum Gasteiger partial charge on any atom is 0.337 e. The average Bonchev–Trinajstić information content (AvgIpc) is 2.89. The van der Waals surface area contributed by atoms with Crippen LogP contribution in [0.3, 0.4) is 0 Å². The van der Waals surface area contributed by atoms with Crippen LogP contribution in [-0.4, -0.2) is 17.6 Å². The lowest BCUT2D eigenvalue weighted by Crippen LogP contribution is -2.03. The second-order valence-corrected chi connectivity index (χ2v) is 5.75. The van der Waals surface area contributed by atoms with Crippen LogP contribution in [0.2, 0.25) is 0 Å². The minimum atomic E-state index is -0.307. The molecule has 0 fully saturated rings. The summed E-state index contributed by atoms with van der Waals surface area (Å²) in [6.45, 7) is 0.718. The van der Waals surface area contributed by atoms with Crippen molar-refractivity contribution in [2.75, 3.05) is 7.11 Å². The predicted octanol–water partition coefficient (Wildman–Crippen LogP) is 4.24. The van der Waals surface area contributed by atoms with Crippen molar-refractivity contribution in [3.63, 3.8) is 0 Å². The third-order valence-corrected chi connectivity index (χ3v) is 3.93. The van der Waals surface area contributed by atoms with Gasteiger partial charge in [0.15, 0.2) is 0 Å². The maximum atomic E-state index is 11.6. The lowest BCUT2D eigenvalue weighted by molar-refractivity contribution is 0.0600. The van der Waals surface area contributed by atoms with Crippen molar-refractivity contribution in [3.05, 3.63) is 70.3 Å². The topological polar surface area (TPSA) is 31.2 Å². The van der Waals surface area contributed by atoms with Gasteiger partial charge >= 0.3 is 5.97 Å². The van der Waals surface area contributed by atoms with Crippen LogP contribution in [0.25, 0.3) is 10.9 Å². The van der Waals surface area contributed by atoms with Crippen LogP contribution in [0.5, 0.6) is 0 Å². The maximum absolute atomic E-state index is 11.6. The molecule has 0 aliphatic carbocycles. The quantitative estimate of drug-likeness (QED) is 0.666. The van der Waals surface area contributed by atoms with E-state index in [4.69, 9.17) is 4.74 Å². The monoisotopic (exact) mass is 343 g/mol. The smallest absolute Gasteiger partial charge is 0.337 e. The molecule has 0 spiro atoms. The van der Waals surface area contributed by atoms with Gasteiger partial charge in [-0.3, -0.25) is 0 Å². The molecular formula is C17H14BrNO2. The Labute approximate surface area is 131 Å². The van der Waals surface area contributed by atoms with Crippen molar-refractivity contribution >= 4 is 32.8 Å². The molecule has 0 saturated heterocycles. The number of esters is 1. The van der Waals surface area contributed by atoms with Gasteiger partial charge in [0.05, 0.1) is 12.7 Å². The fraction of sp³-hybridized carbons (Fsp3) is 0.118. The van der Waals surface area contributed by atoms with E-state index in [0.717, 1.165) is 16.6 Å². The van der Waals surface area contributed by atoms with E-state index >= 15 is 0 Å². The lowest BCUT2D eigenvalue weighted by Gasteiger charge is -2.07. The number of hydrogen-bond donors (Lipinski definition) is 0. The standard InChI is InChI=1S/C17H14BrNO2/c1-21-17(20)14-4-2-3-12(9-14)11-19-8-7-13-10-15(18)5-6-16(13)19/h2-10H,11H2,1H3. The third-order valence-electron chi connectivity index (χ3n) is 3.43. The fourth-order valence-corrected chi connectivity index (χ4v) is 2.80. The van der Waals surface area contributed by atoms with Crippen LogP contribution in [0.4, 0.5) is 0 Å². The second-order valence-electron chi connectivity index (χ2n) is 4.84. The number of carbonyl (C=O) groups excluding carboxylic acids is 1. The molecule has 3 rings (SSSR count). The van der Waals surface area contributed by atoms with Gasteiger partial charge in [0.2, 0.25) is 0 Å². The van der Waals surface area contributed by atoms with Gasteiger partial charge in [-0.1, -0.05) is 28.1 Å². The van der Waals surface area contributed by atoms with E-state index in [1.54, 1.807) is 6.07 Å². The molecule has 0 atom stereocenters. The minimum absolute atomic E-state index is 0.307. The molecule has 3 nitrogen and oxygen atoms in total. The van der Waals surface area contributed by atoms with Crippen molar-refractivity contribution in [1.29, 1.82) is 0 Å². The Morgan fingerprint density at radius 1 is 1.19 bits per heavy atom. The molecule has 3 aromatic rings. The van der Waals surface area contributed by atoms with E-state index in [1.807, 2.05) is 24.3 Å². The van der Waals surface area contributed by atoms with E-state index in [2.05, 4.69) is 44.9 Å². The number of methoxy groups -OCH3 is 1. The highest BCUT2D eigenvalue weighted by atomic mass is 79.9. The second kappa shape index (κ2) is 5.74. The number of fused-ring (bicyclic) bond motifs is 1. The number of rotatable bonds is 3. The predicted molar refractivity (Wildman–Crippen MR) is 86.5 cm³/mol. The minimum Gasteiger partial charge on any atom is -0.465 e. The Kier molecular flexibility index (Phi) is 3.80. The van der Waals surface area contributed by atoms with Crippen LogP contribution in [0.1, 0.15) is 15.9 Å². The first-order valence-corrected chi connectivity index (χ1v) is 7.38. The molecule has 0 N–H and O–H groups in total. The van der Waals surface area contributed by atoms with Crippen molar-refractivity contribution in [3.8, 4) is 0 Å². The van der Waals surface area contributed by atoms with Crippen molar-refractivity contribution in [2.45, 2.75) is 6.54 Å². The molecule has 4 heteroatoms. The normalized spacial score (nSPS) is 10.8. The van der Waals surface area contributed by atoms with Crippen LogP contribution < -0.4 is 0 Å². The van der Waals surface area contributed by atoms with Gasteiger partial charge in [-0.2, -0.15) is 0 Å². The molecule has 1 heterocycles. The summed E-state index contributed by atoms with van der Waals surface area (Å²) in [6, 6.07) is 15.8. The first-order chi connectivity index (χ1) is 10.2. The third kappa shape index (κ3) is 2.85. The summed E-state index contributed by atoms with van der Waals surface area (Å²) in [6.07, 6.45) is 2.06.